The maximum atomic E-state index is 12.2. The minimum atomic E-state index is 0.222. The van der Waals surface area contributed by atoms with Crippen molar-refractivity contribution in [1.29, 1.82) is 0 Å². The van der Waals surface area contributed by atoms with Gasteiger partial charge in [0, 0.05) is 12.5 Å². The summed E-state index contributed by atoms with van der Waals surface area (Å²) in [7, 11) is 0. The molecule has 1 aliphatic carbocycles. The Hall–Kier alpha value is -1.31. The van der Waals surface area contributed by atoms with Crippen molar-refractivity contribution < 1.29 is 4.79 Å². The molecular formula is C17H25NO. The molecule has 1 atom stereocenters. The predicted octanol–water partition coefficient (Wildman–Crippen LogP) is 3.56. The third kappa shape index (κ3) is 4.38. The first-order valence-corrected chi connectivity index (χ1v) is 7.38. The summed E-state index contributed by atoms with van der Waals surface area (Å²) in [6.45, 7) is 5.30. The van der Waals surface area contributed by atoms with Crippen molar-refractivity contribution in [3.05, 3.63) is 35.9 Å². The van der Waals surface area contributed by atoms with Gasteiger partial charge in [0.1, 0.15) is 0 Å². The summed E-state index contributed by atoms with van der Waals surface area (Å²) in [6.07, 6.45) is 5.44. The molecule has 2 heteroatoms. The Kier molecular flexibility index (Phi) is 4.62. The summed E-state index contributed by atoms with van der Waals surface area (Å²) in [5.41, 5.74) is 1.62. The summed E-state index contributed by atoms with van der Waals surface area (Å²) in [6, 6.07) is 10.3. The standard InChI is InChI=1S/C17H25NO/c1-17(2)11-6-9-15(13-17)16(19)18-12-10-14-7-4-3-5-8-14/h3-5,7-8,15H,6,9-13H2,1-2H3,(H,18,19). The molecule has 1 aromatic carbocycles. The van der Waals surface area contributed by atoms with Crippen LogP contribution < -0.4 is 5.32 Å². The van der Waals surface area contributed by atoms with Crippen LogP contribution in [0.2, 0.25) is 0 Å². The Morgan fingerprint density at radius 2 is 2.05 bits per heavy atom. The minimum Gasteiger partial charge on any atom is -0.356 e. The van der Waals surface area contributed by atoms with Gasteiger partial charge in [0.2, 0.25) is 5.91 Å². The molecule has 0 aromatic heterocycles. The van der Waals surface area contributed by atoms with E-state index < -0.39 is 0 Å². The van der Waals surface area contributed by atoms with Crippen molar-refractivity contribution in [3.8, 4) is 0 Å². The van der Waals surface area contributed by atoms with Gasteiger partial charge in [-0.25, -0.2) is 0 Å². The molecule has 1 aromatic rings. The van der Waals surface area contributed by atoms with Crippen molar-refractivity contribution in [3.63, 3.8) is 0 Å². The first kappa shape index (κ1) is 14.1. The van der Waals surface area contributed by atoms with Crippen LogP contribution in [0.3, 0.4) is 0 Å². The monoisotopic (exact) mass is 259 g/mol. The Balaban J connectivity index is 1.75. The highest BCUT2D eigenvalue weighted by Gasteiger charge is 2.31. The summed E-state index contributed by atoms with van der Waals surface area (Å²) in [5.74, 6) is 0.475. The van der Waals surface area contributed by atoms with Crippen LogP contribution in [0, 0.1) is 11.3 Å². The van der Waals surface area contributed by atoms with Crippen molar-refractivity contribution in [2.45, 2.75) is 46.0 Å². The lowest BCUT2D eigenvalue weighted by atomic mass is 9.72. The average Bonchev–Trinajstić information content (AvgIpc) is 2.38. The molecular weight excluding hydrogens is 234 g/mol. The molecule has 0 spiro atoms. The molecule has 0 bridgehead atoms. The fourth-order valence-corrected chi connectivity index (χ4v) is 3.04. The third-order valence-corrected chi connectivity index (χ3v) is 4.13. The third-order valence-electron chi connectivity index (χ3n) is 4.13. The van der Waals surface area contributed by atoms with E-state index in [0.29, 0.717) is 5.41 Å². The minimum absolute atomic E-state index is 0.222. The highest BCUT2D eigenvalue weighted by molar-refractivity contribution is 5.78. The molecule has 0 aliphatic heterocycles. The van der Waals surface area contributed by atoms with Crippen LogP contribution in [-0.4, -0.2) is 12.5 Å². The Labute approximate surface area is 116 Å². The van der Waals surface area contributed by atoms with Crippen LogP contribution in [0.5, 0.6) is 0 Å². The number of rotatable bonds is 4. The lowest BCUT2D eigenvalue weighted by Crippen LogP contribution is -2.36. The number of carbonyl (C=O) groups excluding carboxylic acids is 1. The Morgan fingerprint density at radius 3 is 2.74 bits per heavy atom. The molecule has 1 aliphatic rings. The van der Waals surface area contributed by atoms with Crippen molar-refractivity contribution in [2.24, 2.45) is 11.3 Å². The van der Waals surface area contributed by atoms with E-state index in [9.17, 15) is 4.79 Å². The number of benzene rings is 1. The molecule has 1 amide bonds. The molecule has 2 nitrogen and oxygen atoms in total. The van der Waals surface area contributed by atoms with Gasteiger partial charge in [-0.2, -0.15) is 0 Å². The van der Waals surface area contributed by atoms with Gasteiger partial charge in [-0.1, -0.05) is 50.6 Å². The number of amides is 1. The number of hydrogen-bond acceptors (Lipinski definition) is 1. The predicted molar refractivity (Wildman–Crippen MR) is 78.9 cm³/mol. The van der Waals surface area contributed by atoms with E-state index in [1.807, 2.05) is 18.2 Å². The van der Waals surface area contributed by atoms with E-state index in [-0.39, 0.29) is 11.8 Å². The van der Waals surface area contributed by atoms with E-state index in [4.69, 9.17) is 0 Å². The smallest absolute Gasteiger partial charge is 0.223 e. The molecule has 104 valence electrons. The molecule has 0 saturated heterocycles. The molecule has 1 N–H and O–H groups in total. The van der Waals surface area contributed by atoms with Crippen molar-refractivity contribution >= 4 is 5.91 Å². The molecule has 1 fully saturated rings. The van der Waals surface area contributed by atoms with Crippen LogP contribution in [-0.2, 0) is 11.2 Å². The van der Waals surface area contributed by atoms with Crippen molar-refractivity contribution in [2.75, 3.05) is 6.54 Å². The first-order valence-electron chi connectivity index (χ1n) is 7.38. The van der Waals surface area contributed by atoms with Crippen LogP contribution in [0.25, 0.3) is 0 Å². The highest BCUT2D eigenvalue weighted by atomic mass is 16.1. The SMILES string of the molecule is CC1(C)CCCC(C(=O)NCCc2ccccc2)C1. The second kappa shape index (κ2) is 6.23. The zero-order chi connectivity index (χ0) is 13.7. The Morgan fingerprint density at radius 1 is 1.32 bits per heavy atom. The lowest BCUT2D eigenvalue weighted by molar-refractivity contribution is -0.127. The first-order chi connectivity index (χ1) is 9.07. The fraction of sp³-hybridized carbons (Fsp3) is 0.588. The van der Waals surface area contributed by atoms with Crippen LogP contribution >= 0.6 is 0 Å². The quantitative estimate of drug-likeness (QED) is 0.880. The van der Waals surface area contributed by atoms with Crippen LogP contribution in [0.1, 0.15) is 45.1 Å². The van der Waals surface area contributed by atoms with E-state index in [0.717, 1.165) is 25.8 Å². The van der Waals surface area contributed by atoms with Crippen LogP contribution in [0.4, 0.5) is 0 Å². The Bertz CT molecular complexity index is 411. The fourth-order valence-electron chi connectivity index (χ4n) is 3.04. The van der Waals surface area contributed by atoms with Gasteiger partial charge in [0.25, 0.3) is 0 Å². The molecule has 0 heterocycles. The number of hydrogen-bond donors (Lipinski definition) is 1. The normalized spacial score (nSPS) is 21.9. The molecule has 19 heavy (non-hydrogen) atoms. The molecule has 1 saturated carbocycles. The molecule has 2 rings (SSSR count). The zero-order valence-electron chi connectivity index (χ0n) is 12.1. The van der Waals surface area contributed by atoms with E-state index in [1.54, 1.807) is 0 Å². The van der Waals surface area contributed by atoms with Gasteiger partial charge >= 0.3 is 0 Å². The van der Waals surface area contributed by atoms with Gasteiger partial charge in [-0.3, -0.25) is 4.79 Å². The summed E-state index contributed by atoms with van der Waals surface area (Å²) in [5, 5.41) is 3.10. The topological polar surface area (TPSA) is 29.1 Å². The largest absolute Gasteiger partial charge is 0.356 e. The van der Waals surface area contributed by atoms with Gasteiger partial charge in [-0.05, 0) is 36.7 Å². The van der Waals surface area contributed by atoms with E-state index in [1.165, 1.54) is 18.4 Å². The van der Waals surface area contributed by atoms with Crippen molar-refractivity contribution in [1.82, 2.24) is 5.32 Å². The zero-order valence-corrected chi connectivity index (χ0v) is 12.1. The highest BCUT2D eigenvalue weighted by Crippen LogP contribution is 2.38. The molecule has 1 unspecified atom stereocenters. The summed E-state index contributed by atoms with van der Waals surface area (Å²) >= 11 is 0. The van der Waals surface area contributed by atoms with Gasteiger partial charge in [0.05, 0.1) is 0 Å². The maximum absolute atomic E-state index is 12.2. The number of nitrogens with one attached hydrogen (secondary N) is 1. The summed E-state index contributed by atoms with van der Waals surface area (Å²) < 4.78 is 0. The van der Waals surface area contributed by atoms with Gasteiger partial charge in [-0.15, -0.1) is 0 Å². The van der Waals surface area contributed by atoms with Crippen LogP contribution in [0.15, 0.2) is 30.3 Å². The molecule has 0 radical (unpaired) electrons. The average molecular weight is 259 g/mol. The summed E-state index contributed by atoms with van der Waals surface area (Å²) in [4.78, 5) is 12.2. The number of carbonyl (C=O) groups is 1. The van der Waals surface area contributed by atoms with E-state index in [2.05, 4.69) is 31.3 Å². The van der Waals surface area contributed by atoms with Gasteiger partial charge in [0.15, 0.2) is 0 Å². The second-order valence-electron chi connectivity index (χ2n) is 6.48. The lowest BCUT2D eigenvalue weighted by Gasteiger charge is -2.34. The van der Waals surface area contributed by atoms with Gasteiger partial charge < -0.3 is 5.32 Å². The maximum Gasteiger partial charge on any atom is 0.223 e. The second-order valence-corrected chi connectivity index (χ2v) is 6.48. The van der Waals surface area contributed by atoms with E-state index >= 15 is 0 Å².